The number of ether oxygens (including phenoxy) is 2. The molecule has 5 heterocycles. The summed E-state index contributed by atoms with van der Waals surface area (Å²) in [6.45, 7) is 2.16. The van der Waals surface area contributed by atoms with Crippen LogP contribution in [0.3, 0.4) is 0 Å². The minimum absolute atomic E-state index is 0.0192. The number of halogens is 3. The molecule has 13 heteroatoms. The fourth-order valence-corrected chi connectivity index (χ4v) is 5.14. The molecule has 2 aliphatic heterocycles. The molecule has 2 saturated heterocycles. The van der Waals surface area contributed by atoms with Crippen molar-refractivity contribution in [2.45, 2.75) is 37.5 Å². The number of fused-ring (bicyclic) bond motifs is 2. The van der Waals surface area contributed by atoms with E-state index in [1.54, 1.807) is 29.3 Å². The number of hydrogen-bond acceptors (Lipinski definition) is 8. The largest absolute Gasteiger partial charge is 0.479 e. The van der Waals surface area contributed by atoms with Gasteiger partial charge in [0.2, 0.25) is 11.8 Å². The Morgan fingerprint density at radius 2 is 2.11 bits per heavy atom. The molecule has 0 unspecified atom stereocenters. The molecule has 0 spiro atoms. The zero-order valence-corrected chi connectivity index (χ0v) is 19.7. The topological polar surface area (TPSA) is 109 Å². The maximum absolute atomic E-state index is 15.5. The SMILES string of the molecule is COc1nc(N)nn2cc([C@@H]3CN(C4COC4)CC3(F)F)c(-c3ccc4nnn(C[C@H](C)F)c4c3)c12. The van der Waals surface area contributed by atoms with Gasteiger partial charge in [-0.15, -0.1) is 10.2 Å². The van der Waals surface area contributed by atoms with Gasteiger partial charge in [-0.25, -0.2) is 22.4 Å². The van der Waals surface area contributed by atoms with Crippen LogP contribution in [0.2, 0.25) is 0 Å². The van der Waals surface area contributed by atoms with Gasteiger partial charge >= 0.3 is 0 Å². The molecule has 10 nitrogen and oxygen atoms in total. The van der Waals surface area contributed by atoms with Crippen molar-refractivity contribution < 1.29 is 22.6 Å². The molecule has 0 saturated carbocycles. The maximum atomic E-state index is 15.5. The first-order valence-electron chi connectivity index (χ1n) is 11.6. The molecule has 1 aromatic carbocycles. The van der Waals surface area contributed by atoms with Gasteiger partial charge in [0.1, 0.15) is 17.2 Å². The zero-order chi connectivity index (χ0) is 25.2. The highest BCUT2D eigenvalue weighted by molar-refractivity contribution is 5.92. The van der Waals surface area contributed by atoms with Gasteiger partial charge in [0.15, 0.2) is 0 Å². The van der Waals surface area contributed by atoms with Crippen LogP contribution in [0.25, 0.3) is 27.7 Å². The van der Waals surface area contributed by atoms with Crippen molar-refractivity contribution in [2.24, 2.45) is 0 Å². The van der Waals surface area contributed by atoms with Crippen LogP contribution in [0, 0.1) is 0 Å². The van der Waals surface area contributed by atoms with Gasteiger partial charge in [0.05, 0.1) is 50.9 Å². The van der Waals surface area contributed by atoms with Crippen LogP contribution in [-0.2, 0) is 11.3 Å². The summed E-state index contributed by atoms with van der Waals surface area (Å²) in [5, 5.41) is 12.4. The lowest BCUT2D eigenvalue weighted by Gasteiger charge is -2.34. The van der Waals surface area contributed by atoms with Crippen molar-refractivity contribution in [3.63, 3.8) is 0 Å². The fraction of sp³-hybridized carbons (Fsp3) is 0.478. The molecule has 0 bridgehead atoms. The monoisotopic (exact) mass is 502 g/mol. The van der Waals surface area contributed by atoms with E-state index >= 15 is 8.78 Å². The number of benzene rings is 1. The van der Waals surface area contributed by atoms with Gasteiger partial charge in [-0.05, 0) is 30.2 Å². The molecular formula is C23H25F3N8O2. The Morgan fingerprint density at radius 1 is 1.31 bits per heavy atom. The first-order chi connectivity index (χ1) is 17.2. The number of anilines is 1. The van der Waals surface area contributed by atoms with Crippen LogP contribution in [0.5, 0.6) is 5.88 Å². The lowest BCUT2D eigenvalue weighted by atomic mass is 9.90. The first-order valence-corrected chi connectivity index (χ1v) is 11.6. The van der Waals surface area contributed by atoms with Crippen molar-refractivity contribution in [1.29, 1.82) is 0 Å². The molecule has 0 radical (unpaired) electrons. The van der Waals surface area contributed by atoms with E-state index in [2.05, 4.69) is 20.4 Å². The summed E-state index contributed by atoms with van der Waals surface area (Å²) in [6.07, 6.45) is 0.438. The number of nitrogen functional groups attached to an aromatic ring is 1. The minimum atomic E-state index is -2.99. The summed E-state index contributed by atoms with van der Waals surface area (Å²) in [6, 6.07) is 5.27. The average molecular weight is 503 g/mol. The lowest BCUT2D eigenvalue weighted by molar-refractivity contribution is -0.0714. The van der Waals surface area contributed by atoms with Crippen molar-refractivity contribution in [1.82, 2.24) is 34.5 Å². The van der Waals surface area contributed by atoms with E-state index in [1.165, 1.54) is 23.2 Å². The van der Waals surface area contributed by atoms with Crippen molar-refractivity contribution in [2.75, 3.05) is 39.1 Å². The molecule has 0 amide bonds. The van der Waals surface area contributed by atoms with E-state index in [0.29, 0.717) is 46.5 Å². The van der Waals surface area contributed by atoms with Crippen molar-refractivity contribution in [3.05, 3.63) is 30.0 Å². The normalized spacial score (nSPS) is 21.3. The van der Waals surface area contributed by atoms with Gasteiger partial charge in [-0.3, -0.25) is 4.90 Å². The van der Waals surface area contributed by atoms with E-state index in [9.17, 15) is 4.39 Å². The average Bonchev–Trinajstić information content (AvgIpc) is 3.44. The minimum Gasteiger partial charge on any atom is -0.479 e. The second-order valence-corrected chi connectivity index (χ2v) is 9.42. The molecule has 2 atom stereocenters. The summed E-state index contributed by atoms with van der Waals surface area (Å²) in [4.78, 5) is 5.97. The predicted molar refractivity (Wildman–Crippen MR) is 125 cm³/mol. The molecular weight excluding hydrogens is 477 g/mol. The molecule has 3 aromatic heterocycles. The Balaban J connectivity index is 1.56. The number of methoxy groups -OCH3 is 1. The maximum Gasteiger partial charge on any atom is 0.268 e. The second-order valence-electron chi connectivity index (χ2n) is 9.42. The summed E-state index contributed by atoms with van der Waals surface area (Å²) >= 11 is 0. The number of alkyl halides is 3. The Bertz CT molecular complexity index is 1450. The van der Waals surface area contributed by atoms with Crippen LogP contribution in [0.1, 0.15) is 18.4 Å². The number of likely N-dealkylation sites (tertiary alicyclic amines) is 1. The van der Waals surface area contributed by atoms with Gasteiger partial charge < -0.3 is 15.2 Å². The Kier molecular flexibility index (Phi) is 5.30. The third-order valence-corrected chi connectivity index (χ3v) is 6.92. The highest BCUT2D eigenvalue weighted by atomic mass is 19.3. The van der Waals surface area contributed by atoms with Crippen LogP contribution < -0.4 is 10.5 Å². The second kappa shape index (κ2) is 8.30. The van der Waals surface area contributed by atoms with E-state index in [-0.39, 0.29) is 37.5 Å². The van der Waals surface area contributed by atoms with E-state index in [1.807, 2.05) is 0 Å². The number of nitrogens with zero attached hydrogens (tertiary/aromatic N) is 7. The molecule has 36 heavy (non-hydrogen) atoms. The number of aromatic nitrogens is 6. The summed E-state index contributed by atoms with van der Waals surface area (Å²) < 4.78 is 58.4. The lowest BCUT2D eigenvalue weighted by Crippen LogP contribution is -2.48. The molecule has 2 aliphatic rings. The Morgan fingerprint density at radius 3 is 2.81 bits per heavy atom. The molecule has 6 rings (SSSR count). The van der Waals surface area contributed by atoms with Crippen LogP contribution in [0.4, 0.5) is 19.1 Å². The number of nitrogens with two attached hydrogens (primary N) is 1. The quantitative estimate of drug-likeness (QED) is 0.429. The standard InChI is InChI=1S/C23H25F3N8O2/c1-12(24)6-33-18-5-13(3-4-17(18)29-31-33)19-15(7-34-20(19)21(35-2)28-22(27)30-34)16-8-32(11-23(16,25)26)14-9-36-10-14/h3-5,7,12,14,16H,6,8-11H2,1-2H3,(H2,27,30)/t12-,16-/m0/s1. The zero-order valence-electron chi connectivity index (χ0n) is 19.7. The smallest absolute Gasteiger partial charge is 0.268 e. The highest BCUT2D eigenvalue weighted by Crippen LogP contribution is 2.47. The van der Waals surface area contributed by atoms with E-state index < -0.39 is 18.0 Å². The highest BCUT2D eigenvalue weighted by Gasteiger charge is 2.52. The van der Waals surface area contributed by atoms with Crippen LogP contribution in [-0.4, -0.2) is 86.0 Å². The molecule has 2 N–H and O–H groups in total. The van der Waals surface area contributed by atoms with E-state index in [4.69, 9.17) is 15.2 Å². The summed E-state index contributed by atoms with van der Waals surface area (Å²) in [5.74, 6) is -3.98. The summed E-state index contributed by atoms with van der Waals surface area (Å²) in [5.41, 5.74) is 8.96. The third kappa shape index (κ3) is 3.64. The predicted octanol–water partition coefficient (Wildman–Crippen LogP) is 2.52. The van der Waals surface area contributed by atoms with Gasteiger partial charge in [0.25, 0.3) is 5.92 Å². The molecule has 2 fully saturated rings. The fourth-order valence-electron chi connectivity index (χ4n) is 5.14. The van der Waals surface area contributed by atoms with Crippen molar-refractivity contribution >= 4 is 22.5 Å². The van der Waals surface area contributed by atoms with Gasteiger partial charge in [-0.1, -0.05) is 11.3 Å². The number of hydrogen-bond donors (Lipinski definition) is 1. The van der Waals surface area contributed by atoms with Gasteiger partial charge in [-0.2, -0.15) is 4.98 Å². The van der Waals surface area contributed by atoms with E-state index in [0.717, 1.165) is 0 Å². The van der Waals surface area contributed by atoms with Crippen LogP contribution in [0.15, 0.2) is 24.4 Å². The molecule has 4 aromatic rings. The Labute approximate surface area is 203 Å². The number of rotatable bonds is 6. The van der Waals surface area contributed by atoms with Gasteiger partial charge in [0, 0.05) is 18.3 Å². The summed E-state index contributed by atoms with van der Waals surface area (Å²) in [7, 11) is 1.44. The van der Waals surface area contributed by atoms with Crippen LogP contribution >= 0.6 is 0 Å². The molecule has 190 valence electrons. The Hall–Kier alpha value is -3.45. The van der Waals surface area contributed by atoms with Crippen molar-refractivity contribution in [3.8, 4) is 17.0 Å². The first kappa shape index (κ1) is 23.0. The third-order valence-electron chi connectivity index (χ3n) is 6.92. The molecule has 0 aliphatic carbocycles.